The van der Waals surface area contributed by atoms with Gasteiger partial charge in [0.05, 0.1) is 5.57 Å². The second kappa shape index (κ2) is 3.34. The van der Waals surface area contributed by atoms with E-state index >= 15 is 0 Å². The fraction of sp³-hybridized carbons (Fsp3) is 0.375. The summed E-state index contributed by atoms with van der Waals surface area (Å²) in [4.78, 5) is 10.4. The highest BCUT2D eigenvalue weighted by atomic mass is 16.4. The summed E-state index contributed by atoms with van der Waals surface area (Å²) >= 11 is 0. The molecule has 0 aliphatic heterocycles. The number of carboxylic acid groups (broad SMARTS) is 1. The van der Waals surface area contributed by atoms with Gasteiger partial charge >= 0.3 is 5.97 Å². The molecular formula is C8H11NO2. The van der Waals surface area contributed by atoms with E-state index in [1.807, 2.05) is 6.08 Å². The Kier molecular flexibility index (Phi) is 2.44. The third-order valence-corrected chi connectivity index (χ3v) is 1.74. The third-order valence-electron chi connectivity index (χ3n) is 1.74. The van der Waals surface area contributed by atoms with E-state index in [1.165, 1.54) is 0 Å². The number of carbonyl (C=O) groups is 1. The quantitative estimate of drug-likeness (QED) is 0.608. The van der Waals surface area contributed by atoms with Crippen LogP contribution in [0.25, 0.3) is 0 Å². The molecule has 0 fully saturated rings. The van der Waals surface area contributed by atoms with E-state index in [2.05, 4.69) is 0 Å². The van der Waals surface area contributed by atoms with Gasteiger partial charge in [-0.1, -0.05) is 18.2 Å². The first-order valence-electron chi connectivity index (χ1n) is 3.55. The molecule has 1 rings (SSSR count). The van der Waals surface area contributed by atoms with Crippen molar-refractivity contribution in [3.8, 4) is 0 Å². The number of nitrogens with two attached hydrogens (primary N) is 1. The van der Waals surface area contributed by atoms with Crippen LogP contribution in [-0.4, -0.2) is 17.6 Å². The highest BCUT2D eigenvalue weighted by Gasteiger charge is 2.10. The van der Waals surface area contributed by atoms with Crippen LogP contribution in [0.5, 0.6) is 0 Å². The van der Waals surface area contributed by atoms with Gasteiger partial charge in [-0.05, 0) is 18.9 Å². The van der Waals surface area contributed by atoms with Crippen molar-refractivity contribution in [2.75, 3.05) is 6.54 Å². The summed E-state index contributed by atoms with van der Waals surface area (Å²) in [6, 6.07) is 0. The maximum absolute atomic E-state index is 10.4. The molecule has 0 unspecified atom stereocenters. The van der Waals surface area contributed by atoms with Crippen LogP contribution in [0.15, 0.2) is 23.8 Å². The maximum atomic E-state index is 10.4. The van der Waals surface area contributed by atoms with Gasteiger partial charge < -0.3 is 10.8 Å². The Bertz CT molecular complexity index is 218. The Morgan fingerprint density at radius 2 is 2.55 bits per heavy atom. The van der Waals surface area contributed by atoms with E-state index in [9.17, 15) is 4.79 Å². The maximum Gasteiger partial charge on any atom is 0.335 e. The van der Waals surface area contributed by atoms with Gasteiger partial charge in [0, 0.05) is 0 Å². The predicted molar refractivity (Wildman–Crippen MR) is 42.0 cm³/mol. The Morgan fingerprint density at radius 3 is 2.91 bits per heavy atom. The lowest BCUT2D eigenvalue weighted by Crippen LogP contribution is -2.14. The molecule has 0 bridgehead atoms. The molecule has 0 radical (unpaired) electrons. The Hall–Kier alpha value is -1.09. The van der Waals surface area contributed by atoms with E-state index in [4.69, 9.17) is 10.8 Å². The smallest absolute Gasteiger partial charge is 0.335 e. The molecule has 0 saturated heterocycles. The molecule has 0 heterocycles. The molecular weight excluding hydrogens is 142 g/mol. The van der Waals surface area contributed by atoms with Crippen LogP contribution >= 0.6 is 0 Å². The van der Waals surface area contributed by atoms with E-state index in [-0.39, 0.29) is 0 Å². The molecule has 11 heavy (non-hydrogen) atoms. The molecule has 0 spiro atoms. The number of allylic oxidation sites excluding steroid dienone is 1. The lowest BCUT2D eigenvalue weighted by Gasteiger charge is -2.11. The first kappa shape index (κ1) is 8.01. The fourth-order valence-corrected chi connectivity index (χ4v) is 0.998. The summed E-state index contributed by atoms with van der Waals surface area (Å²) in [5.74, 6) is -0.546. The lowest BCUT2D eigenvalue weighted by atomic mass is 9.97. The molecule has 3 heteroatoms. The van der Waals surface area contributed by atoms with Gasteiger partial charge in [-0.2, -0.15) is 0 Å². The molecule has 0 saturated carbocycles. The summed E-state index contributed by atoms with van der Waals surface area (Å²) in [6.07, 6.45) is 5.92. The molecule has 3 nitrogen and oxygen atoms in total. The van der Waals surface area contributed by atoms with Crippen molar-refractivity contribution in [3.63, 3.8) is 0 Å². The van der Waals surface area contributed by atoms with Crippen molar-refractivity contribution in [2.45, 2.75) is 6.42 Å². The van der Waals surface area contributed by atoms with E-state index in [0.717, 1.165) is 6.42 Å². The average Bonchev–Trinajstić information content (AvgIpc) is 2.05. The second-order valence-electron chi connectivity index (χ2n) is 2.56. The second-order valence-corrected chi connectivity index (χ2v) is 2.56. The normalized spacial score (nSPS) is 23.0. The minimum Gasteiger partial charge on any atom is -0.478 e. The van der Waals surface area contributed by atoms with Crippen LogP contribution < -0.4 is 5.73 Å². The van der Waals surface area contributed by atoms with Crippen LogP contribution in [0.4, 0.5) is 0 Å². The van der Waals surface area contributed by atoms with E-state index in [0.29, 0.717) is 18.0 Å². The van der Waals surface area contributed by atoms with Gasteiger partial charge in [0.1, 0.15) is 0 Å². The van der Waals surface area contributed by atoms with Gasteiger partial charge in [-0.3, -0.25) is 0 Å². The highest BCUT2D eigenvalue weighted by molar-refractivity contribution is 5.90. The Morgan fingerprint density at radius 1 is 1.82 bits per heavy atom. The standard InChI is InChI=1S/C8H11NO2/c9-5-6-1-3-7(4-2-6)8(10)11/h1,3-4,6H,2,5,9H2,(H,10,11)/t6-/m0/s1. The van der Waals surface area contributed by atoms with Gasteiger partial charge in [-0.15, -0.1) is 0 Å². The Labute approximate surface area is 65.2 Å². The highest BCUT2D eigenvalue weighted by Crippen LogP contribution is 2.14. The lowest BCUT2D eigenvalue weighted by molar-refractivity contribution is -0.132. The zero-order valence-corrected chi connectivity index (χ0v) is 6.16. The summed E-state index contributed by atoms with van der Waals surface area (Å²) in [5.41, 5.74) is 5.77. The minimum absolute atomic E-state index is 0.318. The van der Waals surface area contributed by atoms with Crippen LogP contribution in [-0.2, 0) is 4.79 Å². The fourth-order valence-electron chi connectivity index (χ4n) is 0.998. The predicted octanol–water partition coefficient (Wildman–Crippen LogP) is 0.532. The first-order chi connectivity index (χ1) is 5.24. The zero-order valence-electron chi connectivity index (χ0n) is 6.16. The first-order valence-corrected chi connectivity index (χ1v) is 3.55. The molecule has 0 amide bonds. The average molecular weight is 153 g/mol. The molecule has 0 aromatic rings. The molecule has 3 N–H and O–H groups in total. The van der Waals surface area contributed by atoms with Crippen molar-refractivity contribution < 1.29 is 9.90 Å². The summed E-state index contributed by atoms with van der Waals surface area (Å²) in [6.45, 7) is 0.583. The van der Waals surface area contributed by atoms with Crippen molar-refractivity contribution in [2.24, 2.45) is 11.7 Å². The number of rotatable bonds is 2. The number of hydrogen-bond acceptors (Lipinski definition) is 2. The van der Waals surface area contributed by atoms with Crippen LogP contribution in [0.3, 0.4) is 0 Å². The van der Waals surface area contributed by atoms with Crippen LogP contribution in [0.1, 0.15) is 6.42 Å². The van der Waals surface area contributed by atoms with E-state index < -0.39 is 5.97 Å². The van der Waals surface area contributed by atoms with Gasteiger partial charge in [0.15, 0.2) is 0 Å². The van der Waals surface area contributed by atoms with Crippen molar-refractivity contribution in [1.82, 2.24) is 0 Å². The SMILES string of the molecule is NC[C@H]1C=CC(C(=O)O)=CC1. The third kappa shape index (κ3) is 1.91. The molecule has 1 aliphatic carbocycles. The van der Waals surface area contributed by atoms with Crippen molar-refractivity contribution in [3.05, 3.63) is 23.8 Å². The van der Waals surface area contributed by atoms with Gasteiger partial charge in [0.25, 0.3) is 0 Å². The number of hydrogen-bond donors (Lipinski definition) is 2. The van der Waals surface area contributed by atoms with E-state index in [1.54, 1.807) is 12.2 Å². The molecule has 0 aromatic carbocycles. The molecule has 60 valence electrons. The number of carboxylic acids is 1. The van der Waals surface area contributed by atoms with Crippen molar-refractivity contribution in [1.29, 1.82) is 0 Å². The largest absolute Gasteiger partial charge is 0.478 e. The zero-order chi connectivity index (χ0) is 8.27. The van der Waals surface area contributed by atoms with Gasteiger partial charge in [0.2, 0.25) is 0 Å². The topological polar surface area (TPSA) is 63.3 Å². The minimum atomic E-state index is -0.864. The molecule has 0 aromatic heterocycles. The summed E-state index contributed by atoms with van der Waals surface area (Å²) in [5, 5.41) is 8.55. The Balaban J connectivity index is 2.60. The van der Waals surface area contributed by atoms with Crippen molar-refractivity contribution >= 4 is 5.97 Å². The summed E-state index contributed by atoms with van der Waals surface area (Å²) < 4.78 is 0. The molecule has 1 atom stereocenters. The van der Waals surface area contributed by atoms with Gasteiger partial charge in [-0.25, -0.2) is 4.79 Å². The molecule has 1 aliphatic rings. The monoisotopic (exact) mass is 153 g/mol. The summed E-state index contributed by atoms with van der Waals surface area (Å²) in [7, 11) is 0. The van der Waals surface area contributed by atoms with Crippen LogP contribution in [0, 0.1) is 5.92 Å². The van der Waals surface area contributed by atoms with Crippen LogP contribution in [0.2, 0.25) is 0 Å². The number of aliphatic carboxylic acids is 1.